The van der Waals surface area contributed by atoms with Gasteiger partial charge >= 0.3 is 12.1 Å². The Morgan fingerprint density at radius 2 is 1.26 bits per heavy atom. The molecule has 0 aliphatic heterocycles. The Bertz CT molecular complexity index is 1620. The van der Waals surface area contributed by atoms with Gasteiger partial charge in [0, 0.05) is 18.9 Å². The smallest absolute Gasteiger partial charge is 0.408 e. The standard InChI is InChI=1S/C41H53N3O6/c1-27-22-23-31(24-28(27)2)35(36(45)42-34(38(47)49-40(3,4)5)26-30-18-13-10-14-19-30)44(32-20-15-21-32)37(46)33(25-29-16-11-9-12-17-29)43-39(48)50-41(6,7)8/h9-14,16-19,22-24,32-35H,15,20-21,25-26H2,1-8H3,(H,42,45)(H,43,48). The van der Waals surface area contributed by atoms with Crippen LogP contribution in [-0.4, -0.2) is 58.1 Å². The van der Waals surface area contributed by atoms with Gasteiger partial charge in [0.1, 0.15) is 29.3 Å². The van der Waals surface area contributed by atoms with Crippen LogP contribution in [0.25, 0.3) is 0 Å². The third kappa shape index (κ3) is 10.9. The lowest BCUT2D eigenvalue weighted by atomic mass is 9.87. The summed E-state index contributed by atoms with van der Waals surface area (Å²) in [6.07, 6.45) is 1.97. The maximum atomic E-state index is 14.9. The van der Waals surface area contributed by atoms with E-state index in [-0.39, 0.29) is 18.9 Å². The minimum atomic E-state index is -1.09. The summed E-state index contributed by atoms with van der Waals surface area (Å²) in [5.41, 5.74) is 2.74. The molecule has 0 aromatic heterocycles. The van der Waals surface area contributed by atoms with Gasteiger partial charge in [-0.3, -0.25) is 9.59 Å². The molecule has 0 spiro atoms. The van der Waals surface area contributed by atoms with E-state index in [1.165, 1.54) is 0 Å². The highest BCUT2D eigenvalue weighted by Crippen LogP contribution is 2.35. The van der Waals surface area contributed by atoms with Crippen LogP contribution in [0.3, 0.4) is 0 Å². The number of hydrogen-bond acceptors (Lipinski definition) is 6. The van der Waals surface area contributed by atoms with E-state index in [0.717, 1.165) is 28.7 Å². The van der Waals surface area contributed by atoms with Crippen molar-refractivity contribution in [3.05, 3.63) is 107 Å². The Kier molecular flexibility index (Phi) is 12.5. The van der Waals surface area contributed by atoms with Gasteiger partial charge in [0.15, 0.2) is 0 Å². The number of nitrogens with one attached hydrogen (secondary N) is 2. The molecule has 0 heterocycles. The third-order valence-corrected chi connectivity index (χ3v) is 8.66. The van der Waals surface area contributed by atoms with Crippen molar-refractivity contribution in [1.82, 2.24) is 15.5 Å². The van der Waals surface area contributed by atoms with Gasteiger partial charge in [-0.1, -0.05) is 78.9 Å². The lowest BCUT2D eigenvalue weighted by Gasteiger charge is -2.44. The maximum Gasteiger partial charge on any atom is 0.408 e. The van der Waals surface area contributed by atoms with Crippen LogP contribution >= 0.6 is 0 Å². The van der Waals surface area contributed by atoms with Gasteiger partial charge in [-0.2, -0.15) is 0 Å². The maximum absolute atomic E-state index is 14.9. The van der Waals surface area contributed by atoms with Gasteiger partial charge in [0.25, 0.3) is 0 Å². The molecule has 0 bridgehead atoms. The molecule has 3 aromatic carbocycles. The number of nitrogens with zero attached hydrogens (tertiary/aromatic N) is 1. The van der Waals surface area contributed by atoms with Crippen LogP contribution in [-0.2, 0) is 36.7 Å². The number of benzene rings is 3. The van der Waals surface area contributed by atoms with E-state index >= 15 is 0 Å². The summed E-state index contributed by atoms with van der Waals surface area (Å²) in [5.74, 6) is -1.47. The van der Waals surface area contributed by atoms with Crippen molar-refractivity contribution < 1.29 is 28.7 Å². The molecule has 1 saturated carbocycles. The zero-order valence-electron chi connectivity index (χ0n) is 30.7. The van der Waals surface area contributed by atoms with Gasteiger partial charge in [-0.05, 0) is 102 Å². The highest BCUT2D eigenvalue weighted by molar-refractivity contribution is 5.94. The van der Waals surface area contributed by atoms with Crippen molar-refractivity contribution in [2.24, 2.45) is 0 Å². The second-order valence-corrected chi connectivity index (χ2v) is 15.2. The first-order valence-electron chi connectivity index (χ1n) is 17.5. The first-order valence-corrected chi connectivity index (χ1v) is 17.5. The normalized spacial score (nSPS) is 15.1. The molecule has 50 heavy (non-hydrogen) atoms. The number of ether oxygens (including phenoxy) is 2. The fourth-order valence-corrected chi connectivity index (χ4v) is 5.90. The van der Waals surface area contributed by atoms with Crippen molar-refractivity contribution >= 4 is 23.9 Å². The summed E-state index contributed by atoms with van der Waals surface area (Å²) in [5, 5.41) is 5.83. The van der Waals surface area contributed by atoms with Crippen LogP contribution in [0.15, 0.2) is 78.9 Å². The molecule has 9 nitrogen and oxygen atoms in total. The molecule has 9 heteroatoms. The van der Waals surface area contributed by atoms with Crippen LogP contribution in [0.1, 0.15) is 94.7 Å². The van der Waals surface area contributed by atoms with E-state index in [9.17, 15) is 19.2 Å². The molecule has 3 amide bonds. The van der Waals surface area contributed by atoms with Gasteiger partial charge in [-0.15, -0.1) is 0 Å². The van der Waals surface area contributed by atoms with E-state index in [1.54, 1.807) is 46.4 Å². The predicted molar refractivity (Wildman–Crippen MR) is 194 cm³/mol. The number of aryl methyl sites for hydroxylation is 2. The zero-order chi connectivity index (χ0) is 36.6. The SMILES string of the molecule is Cc1ccc(C(C(=O)NC(Cc2ccccc2)C(=O)OC(C)(C)C)N(C(=O)C(Cc2ccccc2)NC(=O)OC(C)(C)C)C2CCC2)cc1C. The Morgan fingerprint density at radius 3 is 1.74 bits per heavy atom. The Balaban J connectivity index is 1.78. The fourth-order valence-electron chi connectivity index (χ4n) is 5.90. The number of rotatable bonds is 12. The van der Waals surface area contributed by atoms with E-state index < -0.39 is 53.2 Å². The van der Waals surface area contributed by atoms with E-state index in [1.807, 2.05) is 92.7 Å². The van der Waals surface area contributed by atoms with E-state index in [0.29, 0.717) is 18.4 Å². The summed E-state index contributed by atoms with van der Waals surface area (Å²) < 4.78 is 11.4. The number of hydrogen-bond donors (Lipinski definition) is 2. The molecule has 4 rings (SSSR count). The molecular weight excluding hydrogens is 630 g/mol. The van der Waals surface area contributed by atoms with Gasteiger partial charge in [0.2, 0.25) is 11.8 Å². The lowest BCUT2D eigenvalue weighted by Crippen LogP contribution is -2.59. The van der Waals surface area contributed by atoms with Crippen molar-refractivity contribution in [2.75, 3.05) is 0 Å². The van der Waals surface area contributed by atoms with Crippen LogP contribution < -0.4 is 10.6 Å². The quantitative estimate of drug-likeness (QED) is 0.200. The number of esters is 1. The molecule has 1 aliphatic carbocycles. The minimum absolute atomic E-state index is 0.192. The Labute approximate surface area is 297 Å². The van der Waals surface area contributed by atoms with Crippen LogP contribution in [0.5, 0.6) is 0 Å². The highest BCUT2D eigenvalue weighted by Gasteiger charge is 2.43. The van der Waals surface area contributed by atoms with Gasteiger partial charge in [0.05, 0.1) is 0 Å². The number of carbonyl (C=O) groups excluding carboxylic acids is 4. The molecule has 0 saturated heterocycles. The second kappa shape index (κ2) is 16.4. The lowest BCUT2D eigenvalue weighted by molar-refractivity contribution is -0.159. The van der Waals surface area contributed by atoms with Crippen LogP contribution in [0.4, 0.5) is 4.79 Å². The van der Waals surface area contributed by atoms with Crippen LogP contribution in [0, 0.1) is 13.8 Å². The van der Waals surface area contributed by atoms with E-state index in [4.69, 9.17) is 9.47 Å². The molecule has 3 atom stereocenters. The first kappa shape index (κ1) is 38.1. The molecule has 0 radical (unpaired) electrons. The number of alkyl carbamates (subject to hydrolysis) is 1. The summed E-state index contributed by atoms with van der Waals surface area (Å²) in [6.45, 7) is 14.6. The first-order chi connectivity index (χ1) is 23.5. The average molecular weight is 684 g/mol. The van der Waals surface area contributed by atoms with Gasteiger partial charge < -0.3 is 25.0 Å². The molecule has 3 aromatic rings. The van der Waals surface area contributed by atoms with Crippen molar-refractivity contribution in [1.29, 1.82) is 0 Å². The van der Waals surface area contributed by atoms with Crippen molar-refractivity contribution in [3.8, 4) is 0 Å². The monoisotopic (exact) mass is 683 g/mol. The predicted octanol–water partition coefficient (Wildman–Crippen LogP) is 6.93. The number of amides is 3. The zero-order valence-corrected chi connectivity index (χ0v) is 30.7. The second-order valence-electron chi connectivity index (χ2n) is 15.2. The van der Waals surface area contributed by atoms with Crippen molar-refractivity contribution in [3.63, 3.8) is 0 Å². The fraction of sp³-hybridized carbons (Fsp3) is 0.463. The van der Waals surface area contributed by atoms with Gasteiger partial charge in [-0.25, -0.2) is 9.59 Å². The van der Waals surface area contributed by atoms with E-state index in [2.05, 4.69) is 10.6 Å². The third-order valence-electron chi connectivity index (χ3n) is 8.66. The summed E-state index contributed by atoms with van der Waals surface area (Å²) in [4.78, 5) is 58.1. The summed E-state index contributed by atoms with van der Waals surface area (Å²) in [6, 6.07) is 21.2. The molecule has 2 N–H and O–H groups in total. The largest absolute Gasteiger partial charge is 0.458 e. The molecule has 268 valence electrons. The van der Waals surface area contributed by atoms with Crippen LogP contribution in [0.2, 0.25) is 0 Å². The minimum Gasteiger partial charge on any atom is -0.458 e. The average Bonchev–Trinajstić information content (AvgIpc) is 3.00. The molecule has 3 unspecified atom stereocenters. The number of carbonyl (C=O) groups is 4. The Morgan fingerprint density at radius 1 is 0.720 bits per heavy atom. The Hall–Kier alpha value is -4.66. The topological polar surface area (TPSA) is 114 Å². The summed E-state index contributed by atoms with van der Waals surface area (Å²) >= 11 is 0. The molecular formula is C41H53N3O6. The summed E-state index contributed by atoms with van der Waals surface area (Å²) in [7, 11) is 0. The highest BCUT2D eigenvalue weighted by atomic mass is 16.6. The van der Waals surface area contributed by atoms with Crippen molar-refractivity contribution in [2.45, 2.75) is 123 Å². The molecule has 1 fully saturated rings. The molecule has 1 aliphatic rings.